The van der Waals surface area contributed by atoms with E-state index in [2.05, 4.69) is 4.74 Å². The van der Waals surface area contributed by atoms with Crippen molar-refractivity contribution in [1.82, 2.24) is 0 Å². The van der Waals surface area contributed by atoms with E-state index >= 15 is 0 Å². The van der Waals surface area contributed by atoms with E-state index in [-0.39, 0.29) is 5.97 Å². The Labute approximate surface area is 112 Å². The number of phenolic OH excluding ortho intramolecular Hbond substituents is 1. The number of aryl methyl sites for hydroxylation is 2. The number of esters is 1. The van der Waals surface area contributed by atoms with Gasteiger partial charge in [-0.2, -0.15) is 0 Å². The van der Waals surface area contributed by atoms with Gasteiger partial charge in [-0.05, 0) is 42.2 Å². The molecule has 3 nitrogen and oxygen atoms in total. The topological polar surface area (TPSA) is 46.5 Å². The first-order chi connectivity index (χ1) is 9.20. The molecule has 0 unspecified atom stereocenters. The van der Waals surface area contributed by atoms with Gasteiger partial charge in [0.05, 0.1) is 12.7 Å². The lowest BCUT2D eigenvalue weighted by Gasteiger charge is -2.05. The summed E-state index contributed by atoms with van der Waals surface area (Å²) in [6.07, 6.45) is 1.59. The van der Waals surface area contributed by atoms with Crippen LogP contribution in [0.15, 0.2) is 48.5 Å². The van der Waals surface area contributed by atoms with Crippen LogP contribution in [0.4, 0.5) is 0 Å². The molecule has 2 aromatic rings. The first-order valence-corrected chi connectivity index (χ1v) is 6.15. The van der Waals surface area contributed by atoms with Crippen molar-refractivity contribution in [2.75, 3.05) is 7.11 Å². The summed E-state index contributed by atoms with van der Waals surface area (Å²) in [6, 6.07) is 14.7. The molecule has 0 saturated heterocycles. The Bertz CT molecular complexity index is 558. The molecule has 0 saturated carbocycles. The van der Waals surface area contributed by atoms with Gasteiger partial charge in [0.1, 0.15) is 5.75 Å². The predicted molar refractivity (Wildman–Crippen MR) is 73.3 cm³/mol. The number of phenols is 1. The van der Waals surface area contributed by atoms with Crippen molar-refractivity contribution in [3.05, 3.63) is 65.2 Å². The zero-order valence-corrected chi connectivity index (χ0v) is 10.8. The third-order valence-electron chi connectivity index (χ3n) is 3.05. The third-order valence-corrected chi connectivity index (χ3v) is 3.05. The van der Waals surface area contributed by atoms with Gasteiger partial charge in [-0.15, -0.1) is 0 Å². The summed E-state index contributed by atoms with van der Waals surface area (Å²) in [4.78, 5) is 11.3. The van der Waals surface area contributed by atoms with E-state index < -0.39 is 0 Å². The minimum absolute atomic E-state index is 0.327. The Balaban J connectivity index is 2.01. The number of rotatable bonds is 4. The average Bonchev–Trinajstić information content (AvgIpc) is 2.46. The van der Waals surface area contributed by atoms with Gasteiger partial charge < -0.3 is 9.84 Å². The Morgan fingerprint density at radius 1 is 1.05 bits per heavy atom. The predicted octanol–water partition coefficient (Wildman–Crippen LogP) is 2.96. The van der Waals surface area contributed by atoms with Crippen molar-refractivity contribution >= 4 is 5.97 Å². The maximum absolute atomic E-state index is 11.3. The fraction of sp³-hybridized carbons (Fsp3) is 0.188. The van der Waals surface area contributed by atoms with Crippen LogP contribution in [0.5, 0.6) is 5.75 Å². The molecule has 0 aliphatic heterocycles. The van der Waals surface area contributed by atoms with Crippen molar-refractivity contribution in [3.63, 3.8) is 0 Å². The summed E-state index contributed by atoms with van der Waals surface area (Å²) >= 11 is 0. The smallest absolute Gasteiger partial charge is 0.337 e. The highest BCUT2D eigenvalue weighted by Gasteiger charge is 2.05. The van der Waals surface area contributed by atoms with E-state index in [9.17, 15) is 9.90 Å². The molecule has 0 spiro atoms. The number of benzene rings is 2. The maximum Gasteiger partial charge on any atom is 0.337 e. The van der Waals surface area contributed by atoms with E-state index in [0.29, 0.717) is 11.3 Å². The normalized spacial score (nSPS) is 10.2. The molecule has 0 bridgehead atoms. The summed E-state index contributed by atoms with van der Waals surface area (Å²) in [5.41, 5.74) is 2.60. The molecule has 0 aromatic heterocycles. The van der Waals surface area contributed by atoms with Crippen LogP contribution in [0, 0.1) is 0 Å². The number of aromatic hydroxyl groups is 1. The monoisotopic (exact) mass is 256 g/mol. The molecule has 1 N–H and O–H groups in total. The molecule has 0 radical (unpaired) electrons. The van der Waals surface area contributed by atoms with Gasteiger partial charge in [0.2, 0.25) is 0 Å². The van der Waals surface area contributed by atoms with Crippen LogP contribution >= 0.6 is 0 Å². The van der Waals surface area contributed by atoms with Crippen LogP contribution in [0.2, 0.25) is 0 Å². The Kier molecular flexibility index (Phi) is 4.18. The van der Waals surface area contributed by atoms with Crippen LogP contribution in [0.1, 0.15) is 21.5 Å². The Morgan fingerprint density at radius 2 is 1.74 bits per heavy atom. The summed E-state index contributed by atoms with van der Waals surface area (Å²) in [5, 5.41) is 9.68. The van der Waals surface area contributed by atoms with Crippen molar-refractivity contribution in [2.24, 2.45) is 0 Å². The highest BCUT2D eigenvalue weighted by molar-refractivity contribution is 5.89. The largest absolute Gasteiger partial charge is 0.508 e. The molecule has 0 fully saturated rings. The summed E-state index contributed by atoms with van der Waals surface area (Å²) in [6.45, 7) is 0. The fourth-order valence-electron chi connectivity index (χ4n) is 1.93. The molecule has 0 aliphatic carbocycles. The third kappa shape index (κ3) is 3.35. The number of carbonyl (C=O) groups excluding carboxylic acids is 1. The highest BCUT2D eigenvalue weighted by Crippen LogP contribution is 2.18. The molecular formula is C16H16O3. The first kappa shape index (κ1) is 13.1. The second-order valence-corrected chi connectivity index (χ2v) is 4.32. The average molecular weight is 256 g/mol. The van der Waals surface area contributed by atoms with E-state index in [1.807, 2.05) is 30.3 Å². The van der Waals surface area contributed by atoms with Crippen molar-refractivity contribution in [3.8, 4) is 5.75 Å². The van der Waals surface area contributed by atoms with Gasteiger partial charge in [-0.25, -0.2) is 4.79 Å². The quantitative estimate of drug-likeness (QED) is 0.855. The maximum atomic E-state index is 11.3. The van der Waals surface area contributed by atoms with Crippen LogP contribution < -0.4 is 0 Å². The van der Waals surface area contributed by atoms with Crippen molar-refractivity contribution in [1.29, 1.82) is 0 Å². The number of methoxy groups -OCH3 is 1. The molecule has 0 aliphatic rings. The van der Waals surface area contributed by atoms with Crippen molar-refractivity contribution < 1.29 is 14.6 Å². The van der Waals surface area contributed by atoms with E-state index in [4.69, 9.17) is 0 Å². The van der Waals surface area contributed by atoms with E-state index in [0.717, 1.165) is 24.0 Å². The second kappa shape index (κ2) is 6.05. The number of ether oxygens (including phenoxy) is 1. The van der Waals surface area contributed by atoms with Crippen LogP contribution in [0.3, 0.4) is 0 Å². The molecule has 3 heteroatoms. The zero-order chi connectivity index (χ0) is 13.7. The van der Waals surface area contributed by atoms with Gasteiger partial charge in [0.15, 0.2) is 0 Å². The Hall–Kier alpha value is -2.29. The summed E-state index contributed by atoms with van der Waals surface area (Å²) in [7, 11) is 1.37. The number of hydrogen-bond donors (Lipinski definition) is 1. The molecule has 0 atom stereocenters. The van der Waals surface area contributed by atoms with Gasteiger partial charge in [0.25, 0.3) is 0 Å². The lowest BCUT2D eigenvalue weighted by atomic mass is 10.0. The number of para-hydroxylation sites is 1. The minimum atomic E-state index is -0.327. The highest BCUT2D eigenvalue weighted by atomic mass is 16.5. The van der Waals surface area contributed by atoms with Crippen molar-refractivity contribution in [2.45, 2.75) is 12.8 Å². The molecule has 98 valence electrons. The van der Waals surface area contributed by atoms with Crippen LogP contribution in [-0.2, 0) is 17.6 Å². The number of carbonyl (C=O) groups is 1. The van der Waals surface area contributed by atoms with Crippen LogP contribution in [0.25, 0.3) is 0 Å². The lowest BCUT2D eigenvalue weighted by Crippen LogP contribution is -2.01. The SMILES string of the molecule is COC(=O)c1ccc(CCc2ccccc2O)cc1. The van der Waals surface area contributed by atoms with Gasteiger partial charge >= 0.3 is 5.97 Å². The molecule has 0 heterocycles. The molecule has 2 rings (SSSR count). The van der Waals surface area contributed by atoms with Gasteiger partial charge in [-0.3, -0.25) is 0 Å². The summed E-state index contributed by atoms with van der Waals surface area (Å²) < 4.78 is 4.65. The van der Waals surface area contributed by atoms with Crippen LogP contribution in [-0.4, -0.2) is 18.2 Å². The second-order valence-electron chi connectivity index (χ2n) is 4.32. The lowest BCUT2D eigenvalue weighted by molar-refractivity contribution is 0.0600. The zero-order valence-electron chi connectivity index (χ0n) is 10.8. The van der Waals surface area contributed by atoms with E-state index in [1.54, 1.807) is 18.2 Å². The molecular weight excluding hydrogens is 240 g/mol. The van der Waals surface area contributed by atoms with Gasteiger partial charge in [0, 0.05) is 0 Å². The molecule has 19 heavy (non-hydrogen) atoms. The van der Waals surface area contributed by atoms with E-state index in [1.165, 1.54) is 7.11 Å². The first-order valence-electron chi connectivity index (χ1n) is 6.15. The summed E-state index contributed by atoms with van der Waals surface area (Å²) in [5.74, 6) is 0.000865. The Morgan fingerprint density at radius 3 is 2.37 bits per heavy atom. The standard InChI is InChI=1S/C16H16O3/c1-19-16(18)14-10-7-12(8-11-14)6-9-13-4-2-3-5-15(13)17/h2-5,7-8,10-11,17H,6,9H2,1H3. The molecule has 2 aromatic carbocycles. The van der Waals surface area contributed by atoms with Gasteiger partial charge in [-0.1, -0.05) is 30.3 Å². The number of hydrogen-bond acceptors (Lipinski definition) is 3. The fourth-order valence-corrected chi connectivity index (χ4v) is 1.93. The minimum Gasteiger partial charge on any atom is -0.508 e. The molecule has 0 amide bonds.